The van der Waals surface area contributed by atoms with Crippen molar-refractivity contribution in [2.45, 2.75) is 38.8 Å². The molecule has 2 N–H and O–H groups in total. The number of aromatic hydroxyl groups is 1. The molecule has 0 heterocycles. The molecule has 0 aliphatic rings. The lowest BCUT2D eigenvalue weighted by Crippen LogP contribution is -2.31. The maximum absolute atomic E-state index is 9.32. The van der Waals surface area contributed by atoms with E-state index in [0.29, 0.717) is 17.8 Å². The fraction of sp³-hybridized carbons (Fsp3) is 0.333. The van der Waals surface area contributed by atoms with Crippen LogP contribution in [0.5, 0.6) is 5.75 Å². The largest absolute Gasteiger partial charge is 0.508 e. The molecular formula is C18H22ClNO. The molecule has 2 rings (SSSR count). The number of phenols is 1. The lowest BCUT2D eigenvalue weighted by molar-refractivity contribution is 0.443. The van der Waals surface area contributed by atoms with Crippen LogP contribution in [0.1, 0.15) is 37.4 Å². The molecular weight excluding hydrogens is 282 g/mol. The third-order valence-corrected chi connectivity index (χ3v) is 3.90. The van der Waals surface area contributed by atoms with Gasteiger partial charge in [-0.3, -0.25) is 0 Å². The van der Waals surface area contributed by atoms with Crippen LogP contribution in [-0.2, 0) is 6.42 Å². The molecule has 3 heteroatoms. The molecule has 0 saturated heterocycles. The first kappa shape index (κ1) is 15.9. The summed E-state index contributed by atoms with van der Waals surface area (Å²) in [5, 5.41) is 13.7. The van der Waals surface area contributed by atoms with Crippen LogP contribution >= 0.6 is 11.6 Å². The highest BCUT2D eigenvalue weighted by molar-refractivity contribution is 6.30. The smallest absolute Gasteiger partial charge is 0.115 e. The molecule has 0 aliphatic heterocycles. The van der Waals surface area contributed by atoms with Crippen molar-refractivity contribution in [2.24, 2.45) is 0 Å². The zero-order valence-electron chi connectivity index (χ0n) is 12.5. The van der Waals surface area contributed by atoms with E-state index in [2.05, 4.69) is 31.3 Å². The Morgan fingerprint density at radius 2 is 1.67 bits per heavy atom. The lowest BCUT2D eigenvalue weighted by atomic mass is 10.0. The summed E-state index contributed by atoms with van der Waals surface area (Å²) in [6.07, 6.45) is 1.96. The van der Waals surface area contributed by atoms with Crippen LogP contribution < -0.4 is 5.32 Å². The summed E-state index contributed by atoms with van der Waals surface area (Å²) in [6.45, 7) is 4.37. The predicted octanol–water partition coefficient (Wildman–Crippen LogP) is 4.72. The fourth-order valence-electron chi connectivity index (χ4n) is 2.53. The molecule has 2 nitrogen and oxygen atoms in total. The summed E-state index contributed by atoms with van der Waals surface area (Å²) in [4.78, 5) is 0. The van der Waals surface area contributed by atoms with Crippen LogP contribution in [0.25, 0.3) is 0 Å². The molecule has 0 aliphatic carbocycles. The minimum Gasteiger partial charge on any atom is -0.508 e. The Labute approximate surface area is 131 Å². The Morgan fingerprint density at radius 1 is 1.05 bits per heavy atom. The molecule has 0 fully saturated rings. The standard InChI is InChI=1S/C18H22ClNO/c1-3-18(15-6-8-16(19)9-7-15)20-13(2)12-14-4-10-17(21)11-5-14/h4-11,13,18,20-21H,3,12H2,1-2H3. The van der Waals surface area contributed by atoms with Crippen molar-refractivity contribution >= 4 is 11.6 Å². The van der Waals surface area contributed by atoms with Gasteiger partial charge in [0.15, 0.2) is 0 Å². The van der Waals surface area contributed by atoms with Crippen molar-refractivity contribution < 1.29 is 5.11 Å². The van der Waals surface area contributed by atoms with E-state index < -0.39 is 0 Å². The molecule has 0 amide bonds. The summed E-state index contributed by atoms with van der Waals surface area (Å²) < 4.78 is 0. The number of benzene rings is 2. The average molecular weight is 304 g/mol. The van der Waals surface area contributed by atoms with E-state index in [1.54, 1.807) is 12.1 Å². The average Bonchev–Trinajstić information content (AvgIpc) is 2.48. The van der Waals surface area contributed by atoms with Gasteiger partial charge in [0.25, 0.3) is 0 Å². The molecule has 0 aromatic heterocycles. The summed E-state index contributed by atoms with van der Waals surface area (Å²) >= 11 is 5.94. The van der Waals surface area contributed by atoms with Gasteiger partial charge in [-0.25, -0.2) is 0 Å². The molecule has 0 spiro atoms. The third kappa shape index (κ3) is 4.76. The highest BCUT2D eigenvalue weighted by Gasteiger charge is 2.12. The highest BCUT2D eigenvalue weighted by Crippen LogP contribution is 2.20. The molecule has 2 aromatic rings. The number of rotatable bonds is 6. The molecule has 0 saturated carbocycles. The van der Waals surface area contributed by atoms with Crippen molar-refractivity contribution in [3.05, 3.63) is 64.7 Å². The zero-order valence-corrected chi connectivity index (χ0v) is 13.3. The third-order valence-electron chi connectivity index (χ3n) is 3.64. The van der Waals surface area contributed by atoms with E-state index in [9.17, 15) is 5.11 Å². The maximum Gasteiger partial charge on any atom is 0.115 e. The van der Waals surface area contributed by atoms with Crippen molar-refractivity contribution in [3.8, 4) is 5.75 Å². The second-order valence-corrected chi connectivity index (χ2v) is 5.89. The van der Waals surface area contributed by atoms with E-state index in [-0.39, 0.29) is 0 Å². The van der Waals surface area contributed by atoms with E-state index in [1.807, 2.05) is 24.3 Å². The Balaban J connectivity index is 1.97. The van der Waals surface area contributed by atoms with E-state index in [4.69, 9.17) is 11.6 Å². The van der Waals surface area contributed by atoms with Crippen molar-refractivity contribution in [1.29, 1.82) is 0 Å². The highest BCUT2D eigenvalue weighted by atomic mass is 35.5. The quantitative estimate of drug-likeness (QED) is 0.809. The Morgan fingerprint density at radius 3 is 2.24 bits per heavy atom. The van der Waals surface area contributed by atoms with Crippen LogP contribution in [0.3, 0.4) is 0 Å². The number of phenolic OH excluding ortho intramolecular Hbond substituents is 1. The lowest BCUT2D eigenvalue weighted by Gasteiger charge is -2.23. The van der Waals surface area contributed by atoms with Crippen LogP contribution in [0.15, 0.2) is 48.5 Å². The van der Waals surface area contributed by atoms with Gasteiger partial charge in [0.2, 0.25) is 0 Å². The molecule has 2 aromatic carbocycles. The van der Waals surface area contributed by atoms with Gasteiger partial charge in [-0.05, 0) is 55.2 Å². The maximum atomic E-state index is 9.32. The van der Waals surface area contributed by atoms with Crippen LogP contribution in [0.2, 0.25) is 5.02 Å². The summed E-state index contributed by atoms with van der Waals surface area (Å²) in [6, 6.07) is 16.1. The van der Waals surface area contributed by atoms with Gasteiger partial charge < -0.3 is 10.4 Å². The topological polar surface area (TPSA) is 32.3 Å². The molecule has 0 bridgehead atoms. The molecule has 21 heavy (non-hydrogen) atoms. The van der Waals surface area contributed by atoms with Gasteiger partial charge in [0, 0.05) is 17.1 Å². The number of hydrogen-bond donors (Lipinski definition) is 2. The fourth-order valence-corrected chi connectivity index (χ4v) is 2.66. The van der Waals surface area contributed by atoms with Gasteiger partial charge in [0.1, 0.15) is 5.75 Å². The monoisotopic (exact) mass is 303 g/mol. The first-order valence-corrected chi connectivity index (χ1v) is 7.75. The van der Waals surface area contributed by atoms with Gasteiger partial charge in [-0.15, -0.1) is 0 Å². The van der Waals surface area contributed by atoms with Gasteiger partial charge in [-0.1, -0.05) is 42.8 Å². The van der Waals surface area contributed by atoms with Gasteiger partial charge in [-0.2, -0.15) is 0 Å². The SMILES string of the molecule is CCC(NC(C)Cc1ccc(O)cc1)c1ccc(Cl)cc1. The van der Waals surface area contributed by atoms with Crippen molar-refractivity contribution in [2.75, 3.05) is 0 Å². The van der Waals surface area contributed by atoms with Gasteiger partial charge >= 0.3 is 0 Å². The van der Waals surface area contributed by atoms with Crippen LogP contribution in [0.4, 0.5) is 0 Å². The summed E-state index contributed by atoms with van der Waals surface area (Å²) in [7, 11) is 0. The minimum absolute atomic E-state index is 0.312. The second kappa shape index (κ2) is 7.48. The Bertz CT molecular complexity index is 550. The first-order chi connectivity index (χ1) is 10.1. The number of hydrogen-bond acceptors (Lipinski definition) is 2. The molecule has 112 valence electrons. The number of nitrogens with one attached hydrogen (secondary N) is 1. The van der Waals surface area contributed by atoms with E-state index in [0.717, 1.165) is 17.9 Å². The first-order valence-electron chi connectivity index (χ1n) is 7.38. The van der Waals surface area contributed by atoms with Crippen LogP contribution in [0, 0.1) is 0 Å². The Kier molecular flexibility index (Phi) is 5.66. The second-order valence-electron chi connectivity index (χ2n) is 5.45. The normalized spacial score (nSPS) is 13.9. The van der Waals surface area contributed by atoms with E-state index >= 15 is 0 Å². The Hall–Kier alpha value is -1.51. The number of halogens is 1. The van der Waals surface area contributed by atoms with Crippen molar-refractivity contribution in [3.63, 3.8) is 0 Å². The van der Waals surface area contributed by atoms with Crippen LogP contribution in [-0.4, -0.2) is 11.1 Å². The summed E-state index contributed by atoms with van der Waals surface area (Å²) in [5.41, 5.74) is 2.48. The van der Waals surface area contributed by atoms with Crippen molar-refractivity contribution in [1.82, 2.24) is 5.32 Å². The predicted molar refractivity (Wildman–Crippen MR) is 88.9 cm³/mol. The minimum atomic E-state index is 0.312. The van der Waals surface area contributed by atoms with E-state index in [1.165, 1.54) is 11.1 Å². The molecule has 2 unspecified atom stereocenters. The molecule has 2 atom stereocenters. The summed E-state index contributed by atoms with van der Waals surface area (Å²) in [5.74, 6) is 0.312. The molecule has 0 radical (unpaired) electrons. The van der Waals surface area contributed by atoms with Gasteiger partial charge in [0.05, 0.1) is 0 Å². The zero-order chi connectivity index (χ0) is 15.2.